The van der Waals surface area contributed by atoms with Crippen molar-refractivity contribution >= 4 is 17.6 Å². The van der Waals surface area contributed by atoms with Crippen LogP contribution in [0.4, 0.5) is 0 Å². The van der Waals surface area contributed by atoms with E-state index < -0.39 is 0 Å². The average molecular weight is 322 g/mol. The van der Waals surface area contributed by atoms with Crippen molar-refractivity contribution in [1.29, 1.82) is 0 Å². The van der Waals surface area contributed by atoms with Crippen molar-refractivity contribution in [2.75, 3.05) is 0 Å². The van der Waals surface area contributed by atoms with Gasteiger partial charge in [-0.2, -0.15) is 0 Å². The number of aliphatic imine (C=N–C) groups is 2. The minimum absolute atomic E-state index is 0.473. The topological polar surface area (TPSA) is 24.7 Å². The summed E-state index contributed by atoms with van der Waals surface area (Å²) in [5.41, 5.74) is 3.79. The molecule has 2 heteroatoms. The Morgan fingerprint density at radius 3 is 2.29 bits per heavy atom. The number of amidine groups is 1. The molecule has 2 saturated carbocycles. The lowest BCUT2D eigenvalue weighted by Gasteiger charge is -2.19. The quantitative estimate of drug-likeness (QED) is 0.466. The molecule has 0 radical (unpaired) electrons. The highest BCUT2D eigenvalue weighted by molar-refractivity contribution is 6.08. The van der Waals surface area contributed by atoms with Crippen LogP contribution < -0.4 is 0 Å². The summed E-state index contributed by atoms with van der Waals surface area (Å²) in [6.07, 6.45) is 14.9. The zero-order valence-electron chi connectivity index (χ0n) is 15.0. The summed E-state index contributed by atoms with van der Waals surface area (Å²) in [4.78, 5) is 10.1. The van der Waals surface area contributed by atoms with Gasteiger partial charge in [-0.05, 0) is 62.7 Å². The van der Waals surface area contributed by atoms with Crippen LogP contribution in [0.1, 0.15) is 76.7 Å². The van der Waals surface area contributed by atoms with E-state index in [0.29, 0.717) is 6.04 Å². The molecule has 0 heterocycles. The van der Waals surface area contributed by atoms with E-state index in [0.717, 1.165) is 18.7 Å². The van der Waals surface area contributed by atoms with Gasteiger partial charge in [-0.25, -0.2) is 4.99 Å². The second-order valence-electron chi connectivity index (χ2n) is 7.22. The fourth-order valence-corrected chi connectivity index (χ4v) is 3.69. The Labute approximate surface area is 146 Å². The highest BCUT2D eigenvalue weighted by Gasteiger charge is 2.15. The number of hydrogen-bond donors (Lipinski definition) is 0. The van der Waals surface area contributed by atoms with Gasteiger partial charge in [-0.3, -0.25) is 4.99 Å². The highest BCUT2D eigenvalue weighted by atomic mass is 14.9. The Kier molecular flexibility index (Phi) is 6.40. The molecule has 0 aromatic heterocycles. The average Bonchev–Trinajstić information content (AvgIpc) is 2.64. The number of nitrogens with zero attached hydrogens (tertiary/aromatic N) is 2. The van der Waals surface area contributed by atoms with Gasteiger partial charge in [0, 0.05) is 5.71 Å². The van der Waals surface area contributed by atoms with Crippen LogP contribution in [0.15, 0.2) is 45.9 Å². The molecule has 1 aromatic rings. The van der Waals surface area contributed by atoms with E-state index >= 15 is 0 Å². The minimum Gasteiger partial charge on any atom is -0.263 e. The van der Waals surface area contributed by atoms with Crippen molar-refractivity contribution < 1.29 is 0 Å². The lowest BCUT2D eigenvalue weighted by atomic mass is 9.96. The second kappa shape index (κ2) is 8.96. The molecule has 0 N–H and O–H groups in total. The first-order valence-electron chi connectivity index (χ1n) is 9.69. The van der Waals surface area contributed by atoms with Gasteiger partial charge < -0.3 is 0 Å². The van der Waals surface area contributed by atoms with E-state index in [9.17, 15) is 0 Å². The van der Waals surface area contributed by atoms with Crippen LogP contribution in [-0.2, 0) is 0 Å². The third kappa shape index (κ3) is 5.15. The summed E-state index contributed by atoms with van der Waals surface area (Å²) in [5, 5.41) is 0. The normalized spacial score (nSPS) is 21.0. The Hall–Kier alpha value is -1.70. The molecule has 2 aliphatic carbocycles. The van der Waals surface area contributed by atoms with Crippen molar-refractivity contribution in [3.63, 3.8) is 0 Å². The first-order chi connectivity index (χ1) is 11.8. The molecule has 0 amide bonds. The molecule has 1 aromatic carbocycles. The fraction of sp³-hybridized carbons (Fsp3) is 0.545. The summed E-state index contributed by atoms with van der Waals surface area (Å²) in [7, 11) is 0. The third-order valence-corrected chi connectivity index (χ3v) is 5.11. The maximum atomic E-state index is 5.09. The van der Waals surface area contributed by atoms with Crippen LogP contribution in [0.2, 0.25) is 0 Å². The Morgan fingerprint density at radius 1 is 0.917 bits per heavy atom. The number of hydrogen-bond acceptors (Lipinski definition) is 1. The largest absolute Gasteiger partial charge is 0.263 e. The molecule has 24 heavy (non-hydrogen) atoms. The summed E-state index contributed by atoms with van der Waals surface area (Å²) < 4.78 is 0. The van der Waals surface area contributed by atoms with Crippen LogP contribution in [-0.4, -0.2) is 17.6 Å². The summed E-state index contributed by atoms with van der Waals surface area (Å²) in [6, 6.07) is 11.0. The van der Waals surface area contributed by atoms with Gasteiger partial charge in [0.05, 0.1) is 6.04 Å². The minimum atomic E-state index is 0.473. The molecule has 2 nitrogen and oxygen atoms in total. The van der Waals surface area contributed by atoms with Gasteiger partial charge in [-0.15, -0.1) is 0 Å². The molecule has 0 bridgehead atoms. The van der Waals surface area contributed by atoms with Gasteiger partial charge in [0.25, 0.3) is 0 Å². The monoisotopic (exact) mass is 322 g/mol. The lowest BCUT2D eigenvalue weighted by molar-refractivity contribution is 0.443. The van der Waals surface area contributed by atoms with Gasteiger partial charge in [0.2, 0.25) is 0 Å². The predicted molar refractivity (Wildman–Crippen MR) is 105 cm³/mol. The van der Waals surface area contributed by atoms with Crippen LogP contribution in [0.25, 0.3) is 6.08 Å². The standard InChI is InChI=1S/C22H30N2/c1-18(17-19-11-5-2-6-12-19)22(23-20-13-7-3-8-14-20)24-21-15-9-4-10-16-21/h2,5-6,11-12,17,20H,3-4,7-10,13-16H2,1H3/b18-17+,23-22?. The number of benzene rings is 1. The molecule has 2 fully saturated rings. The Morgan fingerprint density at radius 2 is 1.58 bits per heavy atom. The van der Waals surface area contributed by atoms with Crippen molar-refractivity contribution in [3.8, 4) is 0 Å². The molecule has 0 spiro atoms. The predicted octanol–water partition coefficient (Wildman–Crippen LogP) is 6.23. The van der Waals surface area contributed by atoms with E-state index in [2.05, 4.69) is 43.3 Å². The third-order valence-electron chi connectivity index (χ3n) is 5.11. The van der Waals surface area contributed by atoms with Crippen LogP contribution in [0.5, 0.6) is 0 Å². The van der Waals surface area contributed by atoms with Gasteiger partial charge in [-0.1, -0.05) is 56.0 Å². The van der Waals surface area contributed by atoms with E-state index in [4.69, 9.17) is 9.98 Å². The SMILES string of the molecule is C/C(=C\c1ccccc1)C(N=C1CCCCC1)=NC1CCCCC1. The van der Waals surface area contributed by atoms with Gasteiger partial charge in [0.15, 0.2) is 0 Å². The molecule has 0 saturated heterocycles. The van der Waals surface area contributed by atoms with Crippen molar-refractivity contribution in [2.45, 2.75) is 77.2 Å². The fourth-order valence-electron chi connectivity index (χ4n) is 3.69. The molecule has 3 rings (SSSR count). The first kappa shape index (κ1) is 17.1. The number of rotatable bonds is 3. The van der Waals surface area contributed by atoms with E-state index in [1.807, 2.05) is 0 Å². The summed E-state index contributed by atoms with van der Waals surface area (Å²) >= 11 is 0. The Bertz CT molecular complexity index is 596. The molecule has 0 atom stereocenters. The van der Waals surface area contributed by atoms with E-state index in [1.165, 1.54) is 68.2 Å². The Balaban J connectivity index is 1.85. The molecular weight excluding hydrogens is 292 g/mol. The molecule has 0 aliphatic heterocycles. The van der Waals surface area contributed by atoms with Crippen LogP contribution >= 0.6 is 0 Å². The first-order valence-corrected chi connectivity index (χ1v) is 9.69. The van der Waals surface area contributed by atoms with Gasteiger partial charge >= 0.3 is 0 Å². The maximum Gasteiger partial charge on any atom is 0.150 e. The maximum absolute atomic E-state index is 5.09. The smallest absolute Gasteiger partial charge is 0.150 e. The summed E-state index contributed by atoms with van der Waals surface area (Å²) in [5.74, 6) is 0.989. The molecule has 0 unspecified atom stereocenters. The van der Waals surface area contributed by atoms with Crippen LogP contribution in [0.3, 0.4) is 0 Å². The zero-order chi connectivity index (χ0) is 16.6. The van der Waals surface area contributed by atoms with Crippen LogP contribution in [0, 0.1) is 0 Å². The van der Waals surface area contributed by atoms with Crippen molar-refractivity contribution in [2.24, 2.45) is 9.98 Å². The second-order valence-corrected chi connectivity index (χ2v) is 7.22. The van der Waals surface area contributed by atoms with E-state index in [-0.39, 0.29) is 0 Å². The zero-order valence-corrected chi connectivity index (χ0v) is 15.0. The van der Waals surface area contributed by atoms with E-state index in [1.54, 1.807) is 0 Å². The van der Waals surface area contributed by atoms with Crippen molar-refractivity contribution in [1.82, 2.24) is 0 Å². The lowest BCUT2D eigenvalue weighted by Crippen LogP contribution is -2.15. The van der Waals surface area contributed by atoms with Crippen molar-refractivity contribution in [3.05, 3.63) is 41.5 Å². The molecular formula is C22H30N2. The molecule has 128 valence electrons. The summed E-state index contributed by atoms with van der Waals surface area (Å²) in [6.45, 7) is 2.17. The van der Waals surface area contributed by atoms with Gasteiger partial charge in [0.1, 0.15) is 5.84 Å². The highest BCUT2D eigenvalue weighted by Crippen LogP contribution is 2.23. The molecule has 2 aliphatic rings.